The first kappa shape index (κ1) is 15.6. The lowest BCUT2D eigenvalue weighted by molar-refractivity contribution is -0.137. The molecule has 2 N–H and O–H groups in total. The normalized spacial score (nSPS) is 9.55. The summed E-state index contributed by atoms with van der Waals surface area (Å²) in [5.41, 5.74) is 0.883. The van der Waals surface area contributed by atoms with Crippen LogP contribution in [0, 0.1) is 12.3 Å². The van der Waals surface area contributed by atoms with Crippen molar-refractivity contribution in [3.8, 4) is 12.3 Å². The quantitative estimate of drug-likeness (QED) is 0.697. The van der Waals surface area contributed by atoms with E-state index >= 15 is 0 Å². The maximum absolute atomic E-state index is 11.7. The van der Waals surface area contributed by atoms with Crippen LogP contribution in [-0.2, 0) is 9.59 Å². The third-order valence-corrected chi connectivity index (χ3v) is 2.66. The zero-order valence-corrected chi connectivity index (χ0v) is 11.2. The molecule has 0 heterocycles. The van der Waals surface area contributed by atoms with Gasteiger partial charge in [-0.1, -0.05) is 24.1 Å². The molecule has 1 aromatic carbocycles. The summed E-state index contributed by atoms with van der Waals surface area (Å²) in [4.78, 5) is 24.1. The fourth-order valence-electron chi connectivity index (χ4n) is 1.74. The summed E-state index contributed by atoms with van der Waals surface area (Å²) in [5, 5.41) is 11.3. The molecule has 1 amide bonds. The Balaban J connectivity index is 2.62. The number of carboxylic acid groups (broad SMARTS) is 1. The van der Waals surface area contributed by atoms with Gasteiger partial charge in [0.15, 0.2) is 0 Å². The van der Waals surface area contributed by atoms with E-state index in [0.717, 1.165) is 5.69 Å². The molecule has 0 saturated carbocycles. The molecule has 0 spiro atoms. The van der Waals surface area contributed by atoms with Crippen molar-refractivity contribution in [3.05, 3.63) is 30.3 Å². The molecule has 106 valence electrons. The molecule has 0 aromatic heterocycles. The highest BCUT2D eigenvalue weighted by atomic mass is 16.4. The first-order valence-electron chi connectivity index (χ1n) is 6.35. The molecule has 0 unspecified atom stereocenters. The van der Waals surface area contributed by atoms with E-state index in [-0.39, 0.29) is 25.4 Å². The number of para-hydroxylation sites is 1. The highest BCUT2D eigenvalue weighted by Crippen LogP contribution is 2.13. The molecule has 0 saturated heterocycles. The number of terminal acetylenes is 1. The molecule has 0 fully saturated rings. The third kappa shape index (κ3) is 5.91. The van der Waals surface area contributed by atoms with Crippen LogP contribution in [0.4, 0.5) is 5.69 Å². The van der Waals surface area contributed by atoms with Crippen LogP contribution in [0.3, 0.4) is 0 Å². The van der Waals surface area contributed by atoms with Gasteiger partial charge in [0.1, 0.15) is 0 Å². The van der Waals surface area contributed by atoms with Gasteiger partial charge in [0.2, 0.25) is 5.91 Å². The lowest BCUT2D eigenvalue weighted by Gasteiger charge is -2.23. The molecule has 0 aliphatic heterocycles. The van der Waals surface area contributed by atoms with E-state index in [0.29, 0.717) is 13.0 Å². The summed E-state index contributed by atoms with van der Waals surface area (Å²) < 4.78 is 0. The third-order valence-electron chi connectivity index (χ3n) is 2.66. The van der Waals surface area contributed by atoms with Gasteiger partial charge in [-0.15, -0.1) is 6.42 Å². The van der Waals surface area contributed by atoms with E-state index in [4.69, 9.17) is 11.5 Å². The molecule has 5 heteroatoms. The lowest BCUT2D eigenvalue weighted by atomic mass is 10.2. The van der Waals surface area contributed by atoms with Crippen LogP contribution in [0.15, 0.2) is 30.3 Å². The minimum atomic E-state index is -0.838. The average molecular weight is 274 g/mol. The van der Waals surface area contributed by atoms with Gasteiger partial charge in [-0.3, -0.25) is 9.59 Å². The molecule has 1 aromatic rings. The Bertz CT molecular complexity index is 480. The molecule has 0 aliphatic rings. The van der Waals surface area contributed by atoms with Crippen molar-refractivity contribution in [1.29, 1.82) is 0 Å². The van der Waals surface area contributed by atoms with Crippen molar-refractivity contribution >= 4 is 17.6 Å². The number of anilines is 1. The van der Waals surface area contributed by atoms with Crippen molar-refractivity contribution < 1.29 is 14.7 Å². The van der Waals surface area contributed by atoms with Crippen molar-refractivity contribution in [3.63, 3.8) is 0 Å². The Morgan fingerprint density at radius 2 is 2.00 bits per heavy atom. The minimum absolute atomic E-state index is 0.0787. The number of hydrogen-bond acceptors (Lipinski definition) is 3. The van der Waals surface area contributed by atoms with Crippen LogP contribution >= 0.6 is 0 Å². The molecule has 0 bridgehead atoms. The second kappa shape index (κ2) is 8.59. The summed E-state index contributed by atoms with van der Waals surface area (Å²) >= 11 is 0. The van der Waals surface area contributed by atoms with Crippen LogP contribution in [-0.4, -0.2) is 36.6 Å². The van der Waals surface area contributed by atoms with Crippen molar-refractivity contribution in [2.75, 3.05) is 24.5 Å². The molecule has 5 nitrogen and oxygen atoms in total. The van der Waals surface area contributed by atoms with Crippen LogP contribution in [0.5, 0.6) is 0 Å². The molecular formula is C15H18N2O3. The van der Waals surface area contributed by atoms with E-state index in [2.05, 4.69) is 11.2 Å². The van der Waals surface area contributed by atoms with Gasteiger partial charge in [-0.05, 0) is 18.6 Å². The Kier molecular flexibility index (Phi) is 6.69. The highest BCUT2D eigenvalue weighted by Gasteiger charge is 2.11. The summed E-state index contributed by atoms with van der Waals surface area (Å²) in [6.07, 6.45) is 5.65. The Morgan fingerprint density at radius 3 is 2.60 bits per heavy atom. The maximum atomic E-state index is 11.7. The number of carboxylic acids is 1. The average Bonchev–Trinajstić information content (AvgIpc) is 2.44. The second-order valence-electron chi connectivity index (χ2n) is 4.24. The lowest BCUT2D eigenvalue weighted by Crippen LogP contribution is -2.38. The van der Waals surface area contributed by atoms with Gasteiger partial charge in [0.25, 0.3) is 0 Å². The first-order chi connectivity index (χ1) is 9.63. The summed E-state index contributed by atoms with van der Waals surface area (Å²) in [7, 11) is 0. The largest absolute Gasteiger partial charge is 0.481 e. The van der Waals surface area contributed by atoms with Crippen LogP contribution in [0.25, 0.3) is 0 Å². The molecular weight excluding hydrogens is 256 g/mol. The Labute approximate surface area is 118 Å². The molecule has 1 rings (SSSR count). The SMILES string of the molecule is C#CCNC(=O)CN(CCCC(=O)O)c1ccccc1. The number of carbonyl (C=O) groups is 2. The van der Waals surface area contributed by atoms with Gasteiger partial charge in [-0.25, -0.2) is 0 Å². The van der Waals surface area contributed by atoms with E-state index in [9.17, 15) is 9.59 Å². The summed E-state index contributed by atoms with van der Waals surface area (Å²) in [6, 6.07) is 9.40. The van der Waals surface area contributed by atoms with Gasteiger partial charge in [0.05, 0.1) is 13.1 Å². The number of aliphatic carboxylic acids is 1. The number of amides is 1. The zero-order valence-electron chi connectivity index (χ0n) is 11.2. The standard InChI is InChI=1S/C15H18N2O3/c1-2-10-16-14(18)12-17(11-6-9-15(19)20)13-7-4-3-5-8-13/h1,3-5,7-8H,6,9-12H2,(H,16,18)(H,19,20). The highest BCUT2D eigenvalue weighted by molar-refractivity contribution is 5.81. The predicted octanol–water partition coefficient (Wildman–Crippen LogP) is 1.11. The molecule has 0 radical (unpaired) electrons. The van der Waals surface area contributed by atoms with Crippen LogP contribution < -0.4 is 10.2 Å². The van der Waals surface area contributed by atoms with Crippen LogP contribution in [0.1, 0.15) is 12.8 Å². The van der Waals surface area contributed by atoms with Gasteiger partial charge < -0.3 is 15.3 Å². The summed E-state index contributed by atoms with van der Waals surface area (Å²) in [6.45, 7) is 0.849. The monoisotopic (exact) mass is 274 g/mol. The van der Waals surface area contributed by atoms with Crippen molar-refractivity contribution in [1.82, 2.24) is 5.32 Å². The summed E-state index contributed by atoms with van der Waals surface area (Å²) in [5.74, 6) is 1.32. The number of carbonyl (C=O) groups excluding carboxylic acids is 1. The Morgan fingerprint density at radius 1 is 1.30 bits per heavy atom. The number of nitrogens with one attached hydrogen (secondary N) is 1. The Hall–Kier alpha value is -2.48. The minimum Gasteiger partial charge on any atom is -0.481 e. The zero-order chi connectivity index (χ0) is 14.8. The van der Waals surface area contributed by atoms with Crippen molar-refractivity contribution in [2.24, 2.45) is 0 Å². The first-order valence-corrected chi connectivity index (χ1v) is 6.35. The predicted molar refractivity (Wildman–Crippen MR) is 77.4 cm³/mol. The van der Waals surface area contributed by atoms with Crippen molar-refractivity contribution in [2.45, 2.75) is 12.8 Å². The topological polar surface area (TPSA) is 69.6 Å². The van der Waals surface area contributed by atoms with E-state index in [1.54, 1.807) is 0 Å². The van der Waals surface area contributed by atoms with E-state index < -0.39 is 5.97 Å². The van der Waals surface area contributed by atoms with E-state index in [1.807, 2.05) is 35.2 Å². The van der Waals surface area contributed by atoms with Gasteiger partial charge >= 0.3 is 5.97 Å². The fourth-order valence-corrected chi connectivity index (χ4v) is 1.74. The molecule has 20 heavy (non-hydrogen) atoms. The molecule has 0 atom stereocenters. The van der Waals surface area contributed by atoms with Gasteiger partial charge in [0, 0.05) is 18.7 Å². The molecule has 0 aliphatic carbocycles. The fraction of sp³-hybridized carbons (Fsp3) is 0.333. The van der Waals surface area contributed by atoms with Crippen LogP contribution in [0.2, 0.25) is 0 Å². The smallest absolute Gasteiger partial charge is 0.303 e. The second-order valence-corrected chi connectivity index (χ2v) is 4.24. The number of benzene rings is 1. The van der Waals surface area contributed by atoms with E-state index in [1.165, 1.54) is 0 Å². The number of hydrogen-bond donors (Lipinski definition) is 2. The number of rotatable bonds is 8. The number of nitrogens with zero attached hydrogens (tertiary/aromatic N) is 1. The maximum Gasteiger partial charge on any atom is 0.303 e. The van der Waals surface area contributed by atoms with Gasteiger partial charge in [-0.2, -0.15) is 0 Å².